The molecular formula is C39H45F3N10O4S. The van der Waals surface area contributed by atoms with Gasteiger partial charge in [0, 0.05) is 58.6 Å². The van der Waals surface area contributed by atoms with Gasteiger partial charge in [0.1, 0.15) is 23.1 Å². The van der Waals surface area contributed by atoms with Crippen LogP contribution >= 0.6 is 0 Å². The first-order valence-electron chi connectivity index (χ1n) is 19.2. The van der Waals surface area contributed by atoms with E-state index in [1.165, 1.54) is 4.57 Å². The van der Waals surface area contributed by atoms with Crippen molar-refractivity contribution < 1.29 is 27.0 Å². The predicted molar refractivity (Wildman–Crippen MR) is 208 cm³/mol. The molecule has 302 valence electrons. The number of likely N-dealkylation sites (tertiary alicyclic amines) is 1. The van der Waals surface area contributed by atoms with Gasteiger partial charge in [0.05, 0.1) is 32.7 Å². The number of nitrogens with zero attached hydrogens (tertiary/aromatic N) is 8. The summed E-state index contributed by atoms with van der Waals surface area (Å²) in [5.41, 5.74) is 2.65. The fraction of sp³-hybridized carbons (Fsp3) is 0.487. The molecule has 4 aromatic rings. The van der Waals surface area contributed by atoms with E-state index in [9.17, 15) is 37.0 Å². The average Bonchev–Trinajstić information content (AvgIpc) is 3.46. The number of aromatic nitrogens is 4. The van der Waals surface area contributed by atoms with Crippen LogP contribution in [0.1, 0.15) is 73.6 Å². The van der Waals surface area contributed by atoms with Crippen LogP contribution in [0.15, 0.2) is 58.5 Å². The summed E-state index contributed by atoms with van der Waals surface area (Å²) in [5.74, 6) is -0.403. The molecule has 7 rings (SSSR count). The molecule has 0 bridgehead atoms. The lowest BCUT2D eigenvalue weighted by atomic mass is 9.88. The van der Waals surface area contributed by atoms with Crippen LogP contribution in [0, 0.1) is 11.3 Å². The minimum atomic E-state index is -4.50. The Morgan fingerprint density at radius 1 is 1.02 bits per heavy atom. The second kappa shape index (κ2) is 16.8. The van der Waals surface area contributed by atoms with Gasteiger partial charge >= 0.3 is 11.9 Å². The number of fused-ring (bicyclic) bond motifs is 1. The lowest BCUT2D eigenvalue weighted by molar-refractivity contribution is -0.138. The first-order valence-corrected chi connectivity index (χ1v) is 20.3. The molecule has 3 fully saturated rings. The number of hydrogen-bond acceptors (Lipinski definition) is 10. The molecule has 14 nitrogen and oxygen atoms in total. The number of rotatable bonds is 11. The first-order chi connectivity index (χ1) is 27.3. The van der Waals surface area contributed by atoms with Crippen molar-refractivity contribution in [2.24, 2.45) is 7.05 Å². The Balaban J connectivity index is 0.911. The average molecular weight is 807 g/mol. The molecule has 2 aromatic carbocycles. The molecule has 2 N–H and O–H groups in total. The number of nitriles is 1. The van der Waals surface area contributed by atoms with E-state index in [2.05, 4.69) is 37.6 Å². The van der Waals surface area contributed by atoms with Gasteiger partial charge in [-0.1, -0.05) is 12.1 Å². The summed E-state index contributed by atoms with van der Waals surface area (Å²) in [6.07, 6.45) is 1.36. The van der Waals surface area contributed by atoms with Crippen molar-refractivity contribution in [2.75, 3.05) is 56.5 Å². The predicted octanol–water partition coefficient (Wildman–Crippen LogP) is 4.30. The monoisotopic (exact) mass is 806 g/mol. The molecule has 2 aromatic heterocycles. The van der Waals surface area contributed by atoms with Crippen LogP contribution in [0.3, 0.4) is 0 Å². The Hall–Kier alpha value is -5.12. The van der Waals surface area contributed by atoms with Crippen molar-refractivity contribution in [3.05, 3.63) is 76.0 Å². The molecule has 3 saturated heterocycles. The van der Waals surface area contributed by atoms with Gasteiger partial charge in [0.15, 0.2) is 0 Å². The molecule has 2 amide bonds. The fourth-order valence-electron chi connectivity index (χ4n) is 8.22. The topological polar surface area (TPSA) is 161 Å². The number of anilines is 2. The summed E-state index contributed by atoms with van der Waals surface area (Å²) in [6.45, 7) is 4.30. The van der Waals surface area contributed by atoms with Gasteiger partial charge in [-0.25, -0.2) is 23.3 Å². The van der Waals surface area contributed by atoms with E-state index in [0.29, 0.717) is 60.6 Å². The zero-order chi connectivity index (χ0) is 40.4. The number of carbonyl (C=O) groups is 2. The summed E-state index contributed by atoms with van der Waals surface area (Å²) in [4.78, 5) is 50.5. The number of piperidine rings is 3. The van der Waals surface area contributed by atoms with Gasteiger partial charge in [-0.3, -0.25) is 24.0 Å². The highest BCUT2D eigenvalue weighted by molar-refractivity contribution is 7.82. The van der Waals surface area contributed by atoms with Crippen LogP contribution in [0.25, 0.3) is 11.0 Å². The number of halogens is 3. The maximum Gasteiger partial charge on any atom is 0.419 e. The highest BCUT2D eigenvalue weighted by Crippen LogP contribution is 2.35. The third-order valence-electron chi connectivity index (χ3n) is 11.4. The van der Waals surface area contributed by atoms with E-state index < -0.39 is 34.7 Å². The zero-order valence-corrected chi connectivity index (χ0v) is 32.6. The normalized spacial score (nSPS) is 19.7. The molecule has 57 heavy (non-hydrogen) atoms. The highest BCUT2D eigenvalue weighted by atomic mass is 32.2. The van der Waals surface area contributed by atoms with E-state index >= 15 is 0 Å². The number of hydrogen-bond donors (Lipinski definition) is 2. The molecule has 0 radical (unpaired) electrons. The van der Waals surface area contributed by atoms with Gasteiger partial charge in [0.25, 0.3) is 0 Å². The Morgan fingerprint density at radius 2 is 1.74 bits per heavy atom. The maximum atomic E-state index is 13.7. The molecule has 2 unspecified atom stereocenters. The van der Waals surface area contributed by atoms with Gasteiger partial charge in [-0.05, 0) is 93.9 Å². The number of amides is 2. The number of imidazole rings is 1. The second-order valence-corrected chi connectivity index (χ2v) is 16.5. The number of nitrogens with one attached hydrogen (secondary N) is 2. The smallest absolute Gasteiger partial charge is 0.373 e. The maximum absolute atomic E-state index is 13.7. The minimum absolute atomic E-state index is 0.0762. The second-order valence-electron chi connectivity index (χ2n) is 15.0. The van der Waals surface area contributed by atoms with Gasteiger partial charge in [-0.15, -0.1) is 0 Å². The van der Waals surface area contributed by atoms with Crippen LogP contribution in [-0.2, 0) is 33.8 Å². The summed E-state index contributed by atoms with van der Waals surface area (Å²) in [6, 6.07) is 12.6. The van der Waals surface area contributed by atoms with E-state index in [-0.39, 0.29) is 35.9 Å². The van der Waals surface area contributed by atoms with Crippen LogP contribution in [-0.4, -0.2) is 96.7 Å². The van der Waals surface area contributed by atoms with Crippen LogP contribution < -0.4 is 21.2 Å². The van der Waals surface area contributed by atoms with E-state index in [1.807, 2.05) is 34.5 Å². The zero-order valence-electron chi connectivity index (χ0n) is 31.8. The third-order valence-corrected chi connectivity index (χ3v) is 12.8. The number of alkyl halides is 3. The summed E-state index contributed by atoms with van der Waals surface area (Å²) >= 11 is 0. The largest absolute Gasteiger partial charge is 0.419 e. The quantitative estimate of drug-likeness (QED) is 0.209. The Morgan fingerprint density at radius 3 is 2.40 bits per heavy atom. The Kier molecular flexibility index (Phi) is 11.8. The molecule has 0 aliphatic carbocycles. The molecule has 3 aliphatic rings. The Labute approximate surface area is 330 Å². The van der Waals surface area contributed by atoms with Gasteiger partial charge in [-0.2, -0.15) is 18.4 Å². The van der Waals surface area contributed by atoms with Crippen molar-refractivity contribution in [3.63, 3.8) is 0 Å². The van der Waals surface area contributed by atoms with E-state index in [4.69, 9.17) is 0 Å². The van der Waals surface area contributed by atoms with Crippen molar-refractivity contribution in [1.29, 1.82) is 5.26 Å². The molecule has 5 heterocycles. The molecule has 3 aliphatic heterocycles. The van der Waals surface area contributed by atoms with Crippen molar-refractivity contribution >= 4 is 45.5 Å². The number of carbonyl (C=O) groups excluding carboxylic acids is 2. The van der Waals surface area contributed by atoms with Crippen LogP contribution in [0.4, 0.5) is 24.8 Å². The summed E-state index contributed by atoms with van der Waals surface area (Å²) < 4.78 is 57.2. The first kappa shape index (κ1) is 40.1. The SMILES string of the molecule is CN(CCCN1CCC(c2cccc3c2n(C)c(=O)n3C2CCC(=O)NC2=O)CC1)c1cc(S(=O)N2CCC(Nc3ncc(C(F)(F)F)cn3)CC2)ccc1C#N. The number of para-hydroxylation sites is 1. The highest BCUT2D eigenvalue weighted by Gasteiger charge is 2.34. The number of benzene rings is 2. The number of aryl methyl sites for hydroxylation is 1. The van der Waals surface area contributed by atoms with E-state index in [1.54, 1.807) is 23.7 Å². The lowest BCUT2D eigenvalue weighted by Gasteiger charge is -2.33. The van der Waals surface area contributed by atoms with Crippen molar-refractivity contribution in [1.82, 2.24) is 33.6 Å². The molecule has 0 saturated carbocycles. The summed E-state index contributed by atoms with van der Waals surface area (Å²) in [5, 5.41) is 15.3. The Bertz CT molecular complexity index is 2260. The minimum Gasteiger partial charge on any atom is -0.373 e. The van der Waals surface area contributed by atoms with Gasteiger partial charge < -0.3 is 15.1 Å². The fourth-order valence-corrected chi connectivity index (χ4v) is 9.46. The number of imide groups is 1. The third kappa shape index (κ3) is 8.60. The molecule has 2 atom stereocenters. The van der Waals surface area contributed by atoms with Crippen LogP contribution in [0.2, 0.25) is 0 Å². The van der Waals surface area contributed by atoms with E-state index in [0.717, 1.165) is 62.4 Å². The lowest BCUT2D eigenvalue weighted by Crippen LogP contribution is -2.44. The van der Waals surface area contributed by atoms with Crippen molar-refractivity contribution in [3.8, 4) is 6.07 Å². The standard InChI is InChI=1S/C39H45F3N10O4S/c1-48(33-21-29(8-7-26(33)22-43)57(56)51-19-13-28(14-20-51)46-37-44-23-27(24-45-37)39(40,41)42)15-4-16-50-17-11-25(12-18-50)30-5-3-6-31-35(30)49(2)38(55)52(31)32-9-10-34(53)47-36(32)54/h3,5-8,21,23-25,28,32H,4,9-20H2,1-2H3,(H,44,45,46)(H,47,53,54). The van der Waals surface area contributed by atoms with Crippen molar-refractivity contribution in [2.45, 2.75) is 74.0 Å². The van der Waals surface area contributed by atoms with Gasteiger partial charge in [0.2, 0.25) is 17.8 Å². The molecule has 18 heteroatoms. The molecule has 0 spiro atoms. The molecular weight excluding hydrogens is 762 g/mol. The van der Waals surface area contributed by atoms with Crippen LogP contribution in [0.5, 0.6) is 0 Å². The summed E-state index contributed by atoms with van der Waals surface area (Å²) in [7, 11) is 2.20.